The topological polar surface area (TPSA) is 112 Å². The van der Waals surface area contributed by atoms with Crippen molar-refractivity contribution >= 4 is 52.1 Å². The number of fused-ring (bicyclic) bond motifs is 1. The van der Waals surface area contributed by atoms with E-state index >= 15 is 0 Å². The summed E-state index contributed by atoms with van der Waals surface area (Å²) < 4.78 is 42.0. The van der Waals surface area contributed by atoms with Gasteiger partial charge in [0.15, 0.2) is 5.01 Å². The van der Waals surface area contributed by atoms with Crippen LogP contribution in [0.25, 0.3) is 0 Å². The number of aromatic nitrogens is 1. The van der Waals surface area contributed by atoms with Gasteiger partial charge in [-0.25, -0.2) is 9.78 Å². The van der Waals surface area contributed by atoms with Crippen LogP contribution in [-0.4, -0.2) is 46.4 Å². The molecule has 38 heavy (non-hydrogen) atoms. The summed E-state index contributed by atoms with van der Waals surface area (Å²) in [4.78, 5) is 44.4. The summed E-state index contributed by atoms with van der Waals surface area (Å²) in [6.07, 6.45) is -5.07. The lowest BCUT2D eigenvalue weighted by molar-refractivity contribution is -0.138. The van der Waals surface area contributed by atoms with Gasteiger partial charge < -0.3 is 20.6 Å². The van der Waals surface area contributed by atoms with Gasteiger partial charge in [-0.2, -0.15) is 13.2 Å². The first-order chi connectivity index (χ1) is 17.9. The number of hydrogen-bond acceptors (Lipinski definition) is 6. The SMILES string of the molecule is CN1CCc2nc(C(=O)Nc3cc(C(=O)O)cc(C(F)(F)F)c3CCC(=O)Nc3ccc(Cl)cc3)sc2C1. The smallest absolute Gasteiger partial charge is 0.416 e. The molecule has 0 unspecified atom stereocenters. The molecule has 200 valence electrons. The van der Waals surface area contributed by atoms with Crippen LogP contribution in [0.1, 0.15) is 48.3 Å². The Bertz CT molecular complexity index is 1390. The lowest BCUT2D eigenvalue weighted by Crippen LogP contribution is -2.25. The van der Waals surface area contributed by atoms with Gasteiger partial charge in [-0.05, 0) is 55.4 Å². The van der Waals surface area contributed by atoms with Gasteiger partial charge in [-0.1, -0.05) is 11.6 Å². The maximum absolute atomic E-state index is 14.0. The van der Waals surface area contributed by atoms with E-state index in [9.17, 15) is 32.7 Å². The highest BCUT2D eigenvalue weighted by Gasteiger charge is 2.36. The van der Waals surface area contributed by atoms with Gasteiger partial charge in [0.05, 0.1) is 16.8 Å². The summed E-state index contributed by atoms with van der Waals surface area (Å²) in [5.41, 5.74) is -1.47. The average Bonchev–Trinajstić information content (AvgIpc) is 3.27. The van der Waals surface area contributed by atoms with E-state index in [2.05, 4.69) is 20.5 Å². The minimum Gasteiger partial charge on any atom is -0.478 e. The molecule has 1 aromatic heterocycles. The number of carbonyl (C=O) groups is 3. The number of carboxylic acid groups (broad SMARTS) is 1. The zero-order valence-electron chi connectivity index (χ0n) is 20.0. The first-order valence-corrected chi connectivity index (χ1v) is 12.6. The Balaban J connectivity index is 1.63. The third-order valence-corrected chi connectivity index (χ3v) is 7.23. The molecule has 0 saturated carbocycles. The molecule has 13 heteroatoms. The minimum absolute atomic E-state index is 0.0611. The first-order valence-electron chi connectivity index (χ1n) is 11.4. The van der Waals surface area contributed by atoms with Crippen molar-refractivity contribution in [2.45, 2.75) is 32.0 Å². The summed E-state index contributed by atoms with van der Waals surface area (Å²) in [5, 5.41) is 14.9. The third-order valence-electron chi connectivity index (χ3n) is 5.90. The van der Waals surface area contributed by atoms with Crippen LogP contribution < -0.4 is 10.6 Å². The van der Waals surface area contributed by atoms with Crippen LogP contribution in [0.15, 0.2) is 36.4 Å². The number of hydrogen-bond donors (Lipinski definition) is 3. The number of thiazole rings is 1. The number of rotatable bonds is 7. The number of likely N-dealkylation sites (N-methyl/N-ethyl adjacent to an activating group) is 1. The Morgan fingerprint density at radius 3 is 2.53 bits per heavy atom. The van der Waals surface area contributed by atoms with Crippen LogP contribution in [-0.2, 0) is 30.4 Å². The van der Waals surface area contributed by atoms with Crippen LogP contribution in [0.2, 0.25) is 5.02 Å². The fraction of sp³-hybridized carbons (Fsp3) is 0.280. The number of carbonyl (C=O) groups excluding carboxylic acids is 2. The van der Waals surface area contributed by atoms with Gasteiger partial charge in [-0.3, -0.25) is 9.59 Å². The second kappa shape index (κ2) is 11.1. The number of halogens is 4. The second-order valence-corrected chi connectivity index (χ2v) is 10.3. The van der Waals surface area contributed by atoms with Gasteiger partial charge in [0.1, 0.15) is 0 Å². The molecule has 1 aliphatic rings. The average molecular weight is 567 g/mol. The van der Waals surface area contributed by atoms with Crippen molar-refractivity contribution < 1.29 is 32.7 Å². The molecule has 0 aliphatic carbocycles. The van der Waals surface area contributed by atoms with Gasteiger partial charge in [0.2, 0.25) is 5.91 Å². The number of nitrogens with zero attached hydrogens (tertiary/aromatic N) is 2. The summed E-state index contributed by atoms with van der Waals surface area (Å²) in [5.74, 6) is -2.92. The van der Waals surface area contributed by atoms with Crippen LogP contribution >= 0.6 is 22.9 Å². The Labute approximate surface area is 224 Å². The van der Waals surface area contributed by atoms with E-state index in [4.69, 9.17) is 11.6 Å². The molecule has 2 amide bonds. The van der Waals surface area contributed by atoms with E-state index in [1.807, 2.05) is 7.05 Å². The Hall–Kier alpha value is -3.48. The largest absolute Gasteiger partial charge is 0.478 e. The highest BCUT2D eigenvalue weighted by atomic mass is 35.5. The molecule has 0 spiro atoms. The Morgan fingerprint density at radius 2 is 1.87 bits per heavy atom. The molecule has 0 saturated heterocycles. The van der Waals surface area contributed by atoms with E-state index in [1.165, 1.54) is 0 Å². The van der Waals surface area contributed by atoms with E-state index < -0.39 is 47.1 Å². The standard InChI is InChI=1S/C25H22ClF3N4O4S/c1-33-9-8-18-20(12-33)38-23(32-18)22(35)31-19-11-13(24(36)37)10-17(25(27,28)29)16(19)6-7-21(34)30-15-4-2-14(26)3-5-15/h2-5,10-11H,6-9,12H2,1H3,(H,30,34)(H,31,35)(H,36,37). The normalized spacial score (nSPS) is 13.6. The van der Waals surface area contributed by atoms with Crippen molar-refractivity contribution in [3.8, 4) is 0 Å². The zero-order valence-corrected chi connectivity index (χ0v) is 21.6. The van der Waals surface area contributed by atoms with E-state index in [-0.39, 0.29) is 17.1 Å². The maximum atomic E-state index is 14.0. The summed E-state index contributed by atoms with van der Waals surface area (Å²) in [6.45, 7) is 1.36. The van der Waals surface area contributed by atoms with Gasteiger partial charge in [-0.15, -0.1) is 11.3 Å². The van der Waals surface area contributed by atoms with Crippen molar-refractivity contribution in [3.63, 3.8) is 0 Å². The van der Waals surface area contributed by atoms with Gasteiger partial charge in [0.25, 0.3) is 5.91 Å². The van der Waals surface area contributed by atoms with Crippen molar-refractivity contribution in [3.05, 3.63) is 73.7 Å². The number of carboxylic acids is 1. The molecule has 3 aromatic rings. The monoisotopic (exact) mass is 566 g/mol. The van der Waals surface area contributed by atoms with Gasteiger partial charge >= 0.3 is 12.1 Å². The van der Waals surface area contributed by atoms with Crippen molar-refractivity contribution in [1.82, 2.24) is 9.88 Å². The van der Waals surface area contributed by atoms with Gasteiger partial charge in [0, 0.05) is 47.2 Å². The molecule has 0 fully saturated rings. The third kappa shape index (κ3) is 6.50. The van der Waals surface area contributed by atoms with Crippen molar-refractivity contribution in [2.75, 3.05) is 24.2 Å². The highest BCUT2D eigenvalue weighted by molar-refractivity contribution is 7.13. The molecule has 1 aliphatic heterocycles. The number of benzene rings is 2. The molecular weight excluding hydrogens is 545 g/mol. The second-order valence-electron chi connectivity index (χ2n) is 8.74. The van der Waals surface area contributed by atoms with Crippen LogP contribution in [0, 0.1) is 0 Å². The molecule has 3 N–H and O–H groups in total. The van der Waals surface area contributed by atoms with E-state index in [0.29, 0.717) is 29.7 Å². The summed E-state index contributed by atoms with van der Waals surface area (Å²) in [7, 11) is 1.92. The number of amides is 2. The van der Waals surface area contributed by atoms with Crippen molar-refractivity contribution in [1.29, 1.82) is 0 Å². The summed E-state index contributed by atoms with van der Waals surface area (Å²) >= 11 is 6.96. The molecule has 0 bridgehead atoms. The molecular formula is C25H22ClF3N4O4S. The molecule has 4 rings (SSSR count). The van der Waals surface area contributed by atoms with E-state index in [0.717, 1.165) is 34.5 Å². The molecule has 8 nitrogen and oxygen atoms in total. The fourth-order valence-electron chi connectivity index (χ4n) is 4.02. The number of aromatic carboxylic acids is 1. The van der Waals surface area contributed by atoms with Crippen molar-refractivity contribution in [2.24, 2.45) is 0 Å². The molecule has 0 radical (unpaired) electrons. The Kier molecular flexibility index (Phi) is 8.05. The summed E-state index contributed by atoms with van der Waals surface area (Å²) in [6, 6.07) is 7.64. The minimum atomic E-state index is -4.93. The quantitative estimate of drug-likeness (QED) is 0.357. The van der Waals surface area contributed by atoms with Crippen LogP contribution in [0.3, 0.4) is 0 Å². The number of nitrogens with one attached hydrogen (secondary N) is 2. The molecule has 2 aromatic carbocycles. The number of alkyl halides is 3. The lowest BCUT2D eigenvalue weighted by Gasteiger charge is -2.20. The van der Waals surface area contributed by atoms with Crippen LogP contribution in [0.4, 0.5) is 24.5 Å². The van der Waals surface area contributed by atoms with E-state index in [1.54, 1.807) is 24.3 Å². The fourth-order valence-corrected chi connectivity index (χ4v) is 5.23. The number of anilines is 2. The first kappa shape index (κ1) is 27.6. The Morgan fingerprint density at radius 1 is 1.16 bits per heavy atom. The zero-order chi connectivity index (χ0) is 27.6. The lowest BCUT2D eigenvalue weighted by atomic mass is 9.96. The molecule has 0 atom stereocenters. The van der Waals surface area contributed by atoms with Crippen LogP contribution in [0.5, 0.6) is 0 Å². The predicted molar refractivity (Wildman–Crippen MR) is 137 cm³/mol. The molecule has 2 heterocycles. The highest BCUT2D eigenvalue weighted by Crippen LogP contribution is 2.37. The predicted octanol–water partition coefficient (Wildman–Crippen LogP) is 5.33. The maximum Gasteiger partial charge on any atom is 0.416 e.